The van der Waals surface area contributed by atoms with Crippen molar-refractivity contribution < 1.29 is 0 Å². The van der Waals surface area contributed by atoms with E-state index in [0.717, 1.165) is 12.8 Å². The molecule has 174 valence electrons. The maximum Gasteiger partial charge on any atom is 0.0128 e. The van der Waals surface area contributed by atoms with Crippen LogP contribution in [0.4, 0.5) is 0 Å². The number of hydrogen-bond donors (Lipinski definition) is 1. The highest BCUT2D eigenvalue weighted by molar-refractivity contribution is 5.70. The van der Waals surface area contributed by atoms with Crippen LogP contribution in [0.5, 0.6) is 0 Å². The van der Waals surface area contributed by atoms with E-state index in [1.807, 2.05) is 6.08 Å². The molecular weight excluding hydrogens is 386 g/mol. The van der Waals surface area contributed by atoms with Gasteiger partial charge < -0.3 is 5.32 Å². The van der Waals surface area contributed by atoms with Crippen LogP contribution in [0.25, 0.3) is 5.57 Å². The van der Waals surface area contributed by atoms with E-state index in [-0.39, 0.29) is 16.2 Å². The summed E-state index contributed by atoms with van der Waals surface area (Å²) in [7, 11) is 2.06. The Labute approximate surface area is 198 Å². The highest BCUT2D eigenvalue weighted by Gasteiger charge is 2.45. The third-order valence-corrected chi connectivity index (χ3v) is 8.47. The van der Waals surface area contributed by atoms with Crippen molar-refractivity contribution in [1.82, 2.24) is 5.32 Å². The quantitative estimate of drug-likeness (QED) is 0.374. The van der Waals surface area contributed by atoms with Crippen molar-refractivity contribution in [2.75, 3.05) is 7.05 Å². The average molecular weight is 432 g/mol. The Balaban J connectivity index is 2.80. The molecule has 1 N–H and O–H groups in total. The average Bonchev–Trinajstić information content (AvgIpc) is 2.79. The summed E-state index contributed by atoms with van der Waals surface area (Å²) >= 11 is 0. The van der Waals surface area contributed by atoms with E-state index < -0.39 is 0 Å². The van der Waals surface area contributed by atoms with Crippen LogP contribution in [0.2, 0.25) is 0 Å². The molecule has 32 heavy (non-hydrogen) atoms. The summed E-state index contributed by atoms with van der Waals surface area (Å²) in [5, 5.41) is 3.50. The molecule has 0 amide bonds. The van der Waals surface area contributed by atoms with E-state index in [0.29, 0.717) is 6.04 Å². The minimum atomic E-state index is -0.0276. The van der Waals surface area contributed by atoms with Crippen LogP contribution in [0.3, 0.4) is 0 Å². The SMILES string of the molecule is C=C/C=C(\C)c1ccc(C(C)(C)C(CC)(CC)c2ccccc2)cc1C(C)(C)C(C)NC. The Hall–Kier alpha value is -2.12. The van der Waals surface area contributed by atoms with Crippen molar-refractivity contribution in [2.45, 2.75) is 90.5 Å². The number of allylic oxidation sites excluding steroid dienone is 3. The fraction of sp³-hybridized carbons (Fsp3) is 0.484. The molecule has 1 unspecified atom stereocenters. The van der Waals surface area contributed by atoms with Crippen molar-refractivity contribution in [3.63, 3.8) is 0 Å². The minimum absolute atomic E-state index is 0.0275. The van der Waals surface area contributed by atoms with Gasteiger partial charge in [-0.3, -0.25) is 0 Å². The lowest BCUT2D eigenvalue weighted by Crippen LogP contribution is -2.45. The van der Waals surface area contributed by atoms with Gasteiger partial charge in [-0.1, -0.05) is 109 Å². The molecule has 0 aliphatic rings. The zero-order chi connectivity index (χ0) is 24.2. The molecule has 0 aliphatic heterocycles. The first-order valence-electron chi connectivity index (χ1n) is 12.2. The molecule has 1 atom stereocenters. The Morgan fingerprint density at radius 1 is 0.969 bits per heavy atom. The van der Waals surface area contributed by atoms with Gasteiger partial charge in [0.05, 0.1) is 0 Å². The highest BCUT2D eigenvalue weighted by Crippen LogP contribution is 2.50. The molecule has 0 saturated heterocycles. The second-order valence-electron chi connectivity index (χ2n) is 10.4. The predicted molar refractivity (Wildman–Crippen MR) is 144 cm³/mol. The summed E-state index contributed by atoms with van der Waals surface area (Å²) in [6.45, 7) is 22.7. The topological polar surface area (TPSA) is 12.0 Å². The molecule has 2 aromatic rings. The van der Waals surface area contributed by atoms with Gasteiger partial charge in [-0.25, -0.2) is 0 Å². The van der Waals surface area contributed by atoms with Crippen LogP contribution in [-0.2, 0) is 16.2 Å². The lowest BCUT2D eigenvalue weighted by atomic mass is 9.56. The maximum atomic E-state index is 3.93. The van der Waals surface area contributed by atoms with E-state index >= 15 is 0 Å². The normalized spacial score (nSPS) is 14.3. The molecule has 2 aromatic carbocycles. The summed E-state index contributed by atoms with van der Waals surface area (Å²) in [5.41, 5.74) is 6.83. The maximum absolute atomic E-state index is 3.93. The molecular formula is C31H45N. The third-order valence-electron chi connectivity index (χ3n) is 8.47. The second-order valence-corrected chi connectivity index (χ2v) is 10.4. The molecule has 2 rings (SSSR count). The van der Waals surface area contributed by atoms with Crippen molar-refractivity contribution in [2.24, 2.45) is 0 Å². The Morgan fingerprint density at radius 2 is 1.56 bits per heavy atom. The first-order chi connectivity index (χ1) is 15.0. The smallest absolute Gasteiger partial charge is 0.0128 e. The lowest BCUT2D eigenvalue weighted by molar-refractivity contribution is 0.231. The van der Waals surface area contributed by atoms with E-state index in [4.69, 9.17) is 0 Å². The summed E-state index contributed by atoms with van der Waals surface area (Å²) in [4.78, 5) is 0. The number of hydrogen-bond acceptors (Lipinski definition) is 1. The number of benzene rings is 2. The van der Waals surface area contributed by atoms with E-state index in [9.17, 15) is 0 Å². The molecule has 0 spiro atoms. The Bertz CT molecular complexity index is 926. The summed E-state index contributed by atoms with van der Waals surface area (Å²) in [6.07, 6.45) is 6.21. The van der Waals surface area contributed by atoms with Crippen LogP contribution in [0.1, 0.15) is 90.5 Å². The van der Waals surface area contributed by atoms with Gasteiger partial charge in [-0.15, -0.1) is 0 Å². The fourth-order valence-corrected chi connectivity index (χ4v) is 5.61. The highest BCUT2D eigenvalue weighted by atomic mass is 14.9. The van der Waals surface area contributed by atoms with E-state index in [1.165, 1.54) is 27.8 Å². The van der Waals surface area contributed by atoms with Gasteiger partial charge in [0.1, 0.15) is 0 Å². The summed E-state index contributed by atoms with van der Waals surface area (Å²) in [6, 6.07) is 18.6. The zero-order valence-electron chi connectivity index (χ0n) is 22.0. The molecule has 0 radical (unpaired) electrons. The number of rotatable bonds is 10. The van der Waals surface area contributed by atoms with Gasteiger partial charge in [-0.2, -0.15) is 0 Å². The third kappa shape index (κ3) is 4.50. The lowest BCUT2D eigenvalue weighted by Gasteiger charge is -2.48. The molecule has 0 fully saturated rings. The predicted octanol–water partition coefficient (Wildman–Crippen LogP) is 8.20. The fourth-order valence-electron chi connectivity index (χ4n) is 5.61. The molecule has 0 bridgehead atoms. The van der Waals surface area contributed by atoms with Gasteiger partial charge in [0.15, 0.2) is 0 Å². The minimum Gasteiger partial charge on any atom is -0.316 e. The summed E-state index contributed by atoms with van der Waals surface area (Å²) in [5.74, 6) is 0. The molecule has 1 nitrogen and oxygen atoms in total. The zero-order valence-corrected chi connectivity index (χ0v) is 22.0. The van der Waals surface area contributed by atoms with Crippen molar-refractivity contribution in [3.8, 4) is 0 Å². The first-order valence-corrected chi connectivity index (χ1v) is 12.2. The number of nitrogens with one attached hydrogen (secondary N) is 1. The van der Waals surface area contributed by atoms with Gasteiger partial charge in [-0.05, 0) is 67.0 Å². The van der Waals surface area contributed by atoms with Gasteiger partial charge in [0.2, 0.25) is 0 Å². The van der Waals surface area contributed by atoms with Crippen LogP contribution in [-0.4, -0.2) is 13.1 Å². The Morgan fingerprint density at radius 3 is 2.06 bits per heavy atom. The van der Waals surface area contributed by atoms with Crippen LogP contribution in [0.15, 0.2) is 67.3 Å². The molecule has 1 heteroatoms. The van der Waals surface area contributed by atoms with Gasteiger partial charge in [0, 0.05) is 16.9 Å². The number of likely N-dealkylation sites (N-methyl/N-ethyl adjacent to an activating group) is 1. The van der Waals surface area contributed by atoms with Crippen molar-refractivity contribution in [3.05, 3.63) is 89.5 Å². The Kier molecular flexibility index (Phi) is 8.34. The van der Waals surface area contributed by atoms with Crippen molar-refractivity contribution in [1.29, 1.82) is 0 Å². The van der Waals surface area contributed by atoms with Crippen LogP contribution < -0.4 is 5.32 Å². The van der Waals surface area contributed by atoms with E-state index in [2.05, 4.69) is 129 Å². The largest absolute Gasteiger partial charge is 0.316 e. The first kappa shape index (κ1) is 26.1. The molecule has 0 aromatic heterocycles. The van der Waals surface area contributed by atoms with Crippen molar-refractivity contribution >= 4 is 5.57 Å². The monoisotopic (exact) mass is 431 g/mol. The van der Waals surface area contributed by atoms with Gasteiger partial charge in [0.25, 0.3) is 0 Å². The molecule has 0 heterocycles. The van der Waals surface area contributed by atoms with E-state index in [1.54, 1.807) is 0 Å². The van der Waals surface area contributed by atoms with Crippen LogP contribution in [0, 0.1) is 0 Å². The van der Waals surface area contributed by atoms with Gasteiger partial charge >= 0.3 is 0 Å². The standard InChI is InChI=1S/C31H45N/c1-11-17-23(4)27-21-20-26(22-28(27)29(6,7)24(5)32-10)30(8,9)31(12-2,13-3)25-18-15-14-16-19-25/h11,14-22,24,32H,1,12-13H2,2-10H3/b23-17+. The second kappa shape index (κ2) is 10.2. The molecule has 0 aliphatic carbocycles. The van der Waals surface area contributed by atoms with Crippen LogP contribution >= 0.6 is 0 Å². The molecule has 0 saturated carbocycles. The summed E-state index contributed by atoms with van der Waals surface area (Å²) < 4.78 is 0.